The van der Waals surface area contributed by atoms with Gasteiger partial charge in [-0.05, 0) is 68.3 Å². The summed E-state index contributed by atoms with van der Waals surface area (Å²) in [6, 6.07) is 12.3. The number of hydrogen-bond acceptors (Lipinski definition) is 4. The van der Waals surface area contributed by atoms with Crippen molar-refractivity contribution in [1.82, 2.24) is 0 Å². The maximum atomic E-state index is 14.5. The quantitative estimate of drug-likeness (QED) is 0.127. The fourth-order valence-corrected chi connectivity index (χ4v) is 4.27. The fourth-order valence-electron chi connectivity index (χ4n) is 4.27. The summed E-state index contributed by atoms with van der Waals surface area (Å²) in [7, 11) is 0. The molecule has 41 heavy (non-hydrogen) atoms. The van der Waals surface area contributed by atoms with Crippen LogP contribution in [-0.4, -0.2) is 29.7 Å². The van der Waals surface area contributed by atoms with Crippen molar-refractivity contribution in [3.05, 3.63) is 95.1 Å². The van der Waals surface area contributed by atoms with Crippen LogP contribution in [0.25, 0.3) is 0 Å². The van der Waals surface area contributed by atoms with Crippen molar-refractivity contribution in [3.63, 3.8) is 0 Å². The summed E-state index contributed by atoms with van der Waals surface area (Å²) in [4.78, 5) is 25.2. The van der Waals surface area contributed by atoms with Crippen LogP contribution in [0.3, 0.4) is 0 Å². The van der Waals surface area contributed by atoms with Crippen LogP contribution in [0.15, 0.2) is 72.8 Å². The Labute approximate surface area is 234 Å². The summed E-state index contributed by atoms with van der Waals surface area (Å²) in [5.74, 6) is -1.34. The summed E-state index contributed by atoms with van der Waals surface area (Å²) < 4.78 is 97.6. The molecular formula is C31H30F6O4. The molecule has 0 fully saturated rings. The normalized spacial score (nSPS) is 13.1. The lowest BCUT2D eigenvalue weighted by Crippen LogP contribution is -2.54. The van der Waals surface area contributed by atoms with Crippen molar-refractivity contribution in [2.75, 3.05) is 0 Å². The smallest absolute Gasteiger partial charge is 0.411 e. The predicted octanol–water partition coefficient (Wildman–Crippen LogP) is 8.72. The van der Waals surface area contributed by atoms with Crippen LogP contribution in [0.4, 0.5) is 26.3 Å². The molecule has 0 spiro atoms. The Morgan fingerprint density at radius 3 is 1.46 bits per heavy atom. The van der Waals surface area contributed by atoms with Crippen molar-refractivity contribution < 1.29 is 45.4 Å². The Morgan fingerprint density at radius 2 is 1.05 bits per heavy atom. The molecule has 0 atom stereocenters. The molecule has 0 radical (unpaired) electrons. The summed E-state index contributed by atoms with van der Waals surface area (Å²) in [6.45, 7) is 10.2. The lowest BCUT2D eigenvalue weighted by molar-refractivity contribution is -0.288. The summed E-state index contributed by atoms with van der Waals surface area (Å²) >= 11 is 0. The van der Waals surface area contributed by atoms with Crippen molar-refractivity contribution >= 4 is 11.8 Å². The minimum atomic E-state index is -5.78. The number of ether oxygens (including phenoxy) is 2. The topological polar surface area (TPSA) is 52.6 Å². The van der Waals surface area contributed by atoms with Crippen LogP contribution in [0.2, 0.25) is 0 Å². The van der Waals surface area contributed by atoms with Gasteiger partial charge in [0.25, 0.3) is 0 Å². The third-order valence-electron chi connectivity index (χ3n) is 6.10. The number of Topliss-reactive ketones (excluding diaryl/α,β-unsaturated/α-hetero) is 1. The highest BCUT2D eigenvalue weighted by atomic mass is 19.4. The minimum absolute atomic E-state index is 0.0123. The molecule has 0 saturated heterocycles. The molecule has 4 nitrogen and oxygen atoms in total. The first-order chi connectivity index (χ1) is 18.7. The number of halogens is 6. The average molecular weight is 581 g/mol. The molecule has 10 heteroatoms. The molecule has 0 aliphatic carbocycles. The highest BCUT2D eigenvalue weighted by Crippen LogP contribution is 2.56. The number of rotatable bonds is 6. The van der Waals surface area contributed by atoms with Gasteiger partial charge in [0, 0.05) is 11.0 Å². The third-order valence-corrected chi connectivity index (χ3v) is 6.10. The molecule has 0 N–H and O–H groups in total. The molecule has 220 valence electrons. The van der Waals surface area contributed by atoms with Gasteiger partial charge in [-0.1, -0.05) is 57.2 Å². The van der Waals surface area contributed by atoms with Gasteiger partial charge in [0.15, 0.2) is 5.78 Å². The Kier molecular flexibility index (Phi) is 8.41. The van der Waals surface area contributed by atoms with Crippen LogP contribution < -0.4 is 9.47 Å². The molecule has 3 aromatic carbocycles. The standard InChI is InChI=1S/C31H30F6O4/c1-27(2,3)25(38)19-8-7-9-20(18-19)26(39)40-23-14-10-21(11-15-23)29(30(32,33)34,31(35,36)37)22-12-16-24(17-13-22)41-28(4,5)6/h7-18H,1-6H3. The van der Waals surface area contributed by atoms with Crippen LogP contribution in [0.1, 0.15) is 73.4 Å². The SMILES string of the molecule is CC(C)(C)Oc1ccc(C(c2ccc(OC(=O)c3cccc(C(=O)C(C)(C)C)c3)cc2)(C(F)(F)F)C(F)(F)F)cc1. The Hall–Kier alpha value is -3.82. The molecule has 3 aromatic rings. The molecule has 0 aromatic heterocycles. The zero-order valence-electron chi connectivity index (χ0n) is 23.3. The summed E-state index contributed by atoms with van der Waals surface area (Å²) in [5.41, 5.74) is -7.73. The van der Waals surface area contributed by atoms with Crippen molar-refractivity contribution in [2.24, 2.45) is 5.41 Å². The van der Waals surface area contributed by atoms with Gasteiger partial charge in [-0.3, -0.25) is 4.79 Å². The van der Waals surface area contributed by atoms with E-state index in [4.69, 9.17) is 9.47 Å². The number of alkyl halides is 6. The monoisotopic (exact) mass is 580 g/mol. The second-order valence-corrected chi connectivity index (χ2v) is 11.6. The Balaban J connectivity index is 1.99. The maximum absolute atomic E-state index is 14.5. The molecule has 3 rings (SSSR count). The van der Waals surface area contributed by atoms with Crippen LogP contribution in [0.5, 0.6) is 11.5 Å². The van der Waals surface area contributed by atoms with Gasteiger partial charge in [0.2, 0.25) is 5.41 Å². The van der Waals surface area contributed by atoms with E-state index in [1.165, 1.54) is 24.3 Å². The van der Waals surface area contributed by atoms with Gasteiger partial charge in [0.05, 0.1) is 5.56 Å². The largest absolute Gasteiger partial charge is 0.488 e. The van der Waals surface area contributed by atoms with Gasteiger partial charge in [-0.15, -0.1) is 0 Å². The van der Waals surface area contributed by atoms with E-state index in [9.17, 15) is 35.9 Å². The second kappa shape index (κ2) is 10.9. The molecule has 0 heterocycles. The Morgan fingerprint density at radius 1 is 0.610 bits per heavy atom. The molecule has 0 saturated carbocycles. The van der Waals surface area contributed by atoms with Gasteiger partial charge in [0.1, 0.15) is 17.1 Å². The molecule has 0 bridgehead atoms. The van der Waals surface area contributed by atoms with E-state index in [1.54, 1.807) is 41.5 Å². The van der Waals surface area contributed by atoms with E-state index in [2.05, 4.69) is 0 Å². The third kappa shape index (κ3) is 6.74. The van der Waals surface area contributed by atoms with E-state index in [1.807, 2.05) is 0 Å². The van der Waals surface area contributed by atoms with E-state index in [0.717, 1.165) is 36.4 Å². The first-order valence-electron chi connectivity index (χ1n) is 12.6. The zero-order valence-corrected chi connectivity index (χ0v) is 23.3. The number of carbonyl (C=O) groups is 2. The van der Waals surface area contributed by atoms with E-state index >= 15 is 0 Å². The summed E-state index contributed by atoms with van der Waals surface area (Å²) in [6.07, 6.45) is -11.6. The molecule has 0 unspecified atom stereocenters. The molecule has 0 amide bonds. The van der Waals surface area contributed by atoms with Crippen LogP contribution in [0, 0.1) is 5.41 Å². The number of hydrogen-bond donors (Lipinski definition) is 0. The highest BCUT2D eigenvalue weighted by Gasteiger charge is 2.72. The first kappa shape index (κ1) is 31.7. The van der Waals surface area contributed by atoms with Gasteiger partial charge >= 0.3 is 18.3 Å². The second-order valence-electron chi connectivity index (χ2n) is 11.6. The van der Waals surface area contributed by atoms with Crippen LogP contribution in [-0.2, 0) is 5.41 Å². The Bertz CT molecular complexity index is 1380. The van der Waals surface area contributed by atoms with Crippen molar-refractivity contribution in [2.45, 2.75) is 64.9 Å². The van der Waals surface area contributed by atoms with Crippen molar-refractivity contribution in [3.8, 4) is 11.5 Å². The number of benzene rings is 3. The minimum Gasteiger partial charge on any atom is -0.488 e. The number of esters is 1. The summed E-state index contributed by atoms with van der Waals surface area (Å²) in [5, 5.41) is 0. The maximum Gasteiger partial charge on any atom is 0.411 e. The molecule has 0 aliphatic heterocycles. The van der Waals surface area contributed by atoms with Gasteiger partial charge in [-0.2, -0.15) is 26.3 Å². The van der Waals surface area contributed by atoms with Gasteiger partial charge < -0.3 is 9.47 Å². The van der Waals surface area contributed by atoms with E-state index < -0.39 is 45.9 Å². The number of carbonyl (C=O) groups excluding carboxylic acids is 2. The average Bonchev–Trinajstić information content (AvgIpc) is 2.83. The first-order valence-corrected chi connectivity index (χ1v) is 12.6. The lowest BCUT2D eigenvalue weighted by atomic mass is 9.73. The zero-order chi connectivity index (χ0) is 31.0. The van der Waals surface area contributed by atoms with Crippen LogP contribution >= 0.6 is 0 Å². The number of ketones is 1. The van der Waals surface area contributed by atoms with E-state index in [0.29, 0.717) is 12.1 Å². The van der Waals surface area contributed by atoms with E-state index in [-0.39, 0.29) is 28.4 Å². The lowest BCUT2D eigenvalue weighted by Gasteiger charge is -2.38. The van der Waals surface area contributed by atoms with Crippen molar-refractivity contribution in [1.29, 1.82) is 0 Å². The predicted molar refractivity (Wildman–Crippen MR) is 141 cm³/mol. The van der Waals surface area contributed by atoms with Gasteiger partial charge in [-0.25, -0.2) is 4.79 Å². The molecule has 0 aliphatic rings. The fraction of sp³-hybridized carbons (Fsp3) is 0.355. The highest BCUT2D eigenvalue weighted by molar-refractivity contribution is 6.02. The molecular weight excluding hydrogens is 550 g/mol.